The normalized spacial score (nSPS) is 21.8. The molecule has 98 valence electrons. The minimum Gasteiger partial charge on any atom is -0.497 e. The van der Waals surface area contributed by atoms with E-state index in [2.05, 4.69) is 0 Å². The second-order valence-corrected chi connectivity index (χ2v) is 4.28. The number of hydrogen-bond donors (Lipinski definition) is 1. The molecule has 0 radical (unpaired) electrons. The fourth-order valence-electron chi connectivity index (χ4n) is 1.92. The average molecular weight is 258 g/mol. The highest BCUT2D eigenvalue weighted by molar-refractivity contribution is 5.88. The van der Waals surface area contributed by atoms with Gasteiger partial charge in [-0.25, -0.2) is 0 Å². The van der Waals surface area contributed by atoms with Gasteiger partial charge < -0.3 is 15.2 Å². The largest absolute Gasteiger partial charge is 0.497 e. The first-order chi connectivity index (χ1) is 9.11. The van der Waals surface area contributed by atoms with Gasteiger partial charge in [0.15, 0.2) is 5.41 Å². The third-order valence-electron chi connectivity index (χ3n) is 3.15. The van der Waals surface area contributed by atoms with Crippen LogP contribution in [0.4, 0.5) is 0 Å². The molecule has 0 fully saturated rings. The summed E-state index contributed by atoms with van der Waals surface area (Å²) in [6.07, 6.45) is 1.78. The van der Waals surface area contributed by atoms with Gasteiger partial charge in [0.25, 0.3) is 0 Å². The Labute approximate surface area is 111 Å². The molecule has 1 aromatic carbocycles. The van der Waals surface area contributed by atoms with E-state index >= 15 is 0 Å². The van der Waals surface area contributed by atoms with Gasteiger partial charge in [0.2, 0.25) is 5.91 Å². The molecular weight excluding hydrogens is 244 g/mol. The number of carbonyl (C=O) groups excluding carboxylic acids is 1. The van der Waals surface area contributed by atoms with E-state index in [1.165, 1.54) is 6.08 Å². The SMILES string of the molecule is COc1ccc(C2=CC(C#N)(C(N)=O)CCO2)cc1. The van der Waals surface area contributed by atoms with E-state index in [0.717, 1.165) is 11.3 Å². The summed E-state index contributed by atoms with van der Waals surface area (Å²) in [7, 11) is 1.58. The van der Waals surface area contributed by atoms with Gasteiger partial charge in [0.1, 0.15) is 11.5 Å². The molecule has 0 bridgehead atoms. The van der Waals surface area contributed by atoms with Gasteiger partial charge in [-0.3, -0.25) is 4.79 Å². The van der Waals surface area contributed by atoms with Crippen molar-refractivity contribution in [3.05, 3.63) is 35.9 Å². The van der Waals surface area contributed by atoms with Crippen LogP contribution in [0.3, 0.4) is 0 Å². The molecule has 1 atom stereocenters. The summed E-state index contributed by atoms with van der Waals surface area (Å²) in [5.41, 5.74) is 4.81. The molecule has 1 amide bonds. The molecule has 2 rings (SSSR count). The van der Waals surface area contributed by atoms with Crippen LogP contribution in [0.5, 0.6) is 5.75 Å². The third-order valence-corrected chi connectivity index (χ3v) is 3.15. The Hall–Kier alpha value is -2.48. The summed E-state index contributed by atoms with van der Waals surface area (Å²) in [6, 6.07) is 9.16. The van der Waals surface area contributed by atoms with Gasteiger partial charge in [-0.05, 0) is 30.3 Å². The number of benzene rings is 1. The van der Waals surface area contributed by atoms with Crippen molar-refractivity contribution in [1.29, 1.82) is 5.26 Å². The van der Waals surface area contributed by atoms with Crippen molar-refractivity contribution in [1.82, 2.24) is 0 Å². The number of hydrogen-bond acceptors (Lipinski definition) is 4. The maximum Gasteiger partial charge on any atom is 0.242 e. The fraction of sp³-hybridized carbons (Fsp3) is 0.286. The molecule has 5 heteroatoms. The lowest BCUT2D eigenvalue weighted by Crippen LogP contribution is -2.37. The molecule has 5 nitrogen and oxygen atoms in total. The molecule has 0 spiro atoms. The molecule has 0 aromatic heterocycles. The number of primary amides is 1. The monoisotopic (exact) mass is 258 g/mol. The Morgan fingerprint density at radius 3 is 2.68 bits per heavy atom. The highest BCUT2D eigenvalue weighted by Crippen LogP contribution is 2.33. The lowest BCUT2D eigenvalue weighted by Gasteiger charge is -2.26. The summed E-state index contributed by atoms with van der Waals surface area (Å²) in [6.45, 7) is 0.286. The first kappa shape index (κ1) is 13.0. The van der Waals surface area contributed by atoms with Gasteiger partial charge in [-0.1, -0.05) is 0 Å². The van der Waals surface area contributed by atoms with Crippen molar-refractivity contribution in [3.63, 3.8) is 0 Å². The van der Waals surface area contributed by atoms with Crippen LogP contribution >= 0.6 is 0 Å². The molecule has 1 aliphatic heterocycles. The molecule has 0 aliphatic carbocycles. The first-order valence-corrected chi connectivity index (χ1v) is 5.82. The Morgan fingerprint density at radius 1 is 1.47 bits per heavy atom. The molecular formula is C14H14N2O3. The summed E-state index contributed by atoms with van der Waals surface area (Å²) >= 11 is 0. The number of nitrogens with zero attached hydrogens (tertiary/aromatic N) is 1. The van der Waals surface area contributed by atoms with E-state index < -0.39 is 11.3 Å². The van der Waals surface area contributed by atoms with Crippen molar-refractivity contribution < 1.29 is 14.3 Å². The molecule has 0 saturated heterocycles. The minimum atomic E-state index is -1.28. The quantitative estimate of drug-likeness (QED) is 0.889. The van der Waals surface area contributed by atoms with Crippen LogP contribution in [-0.2, 0) is 9.53 Å². The number of carbonyl (C=O) groups is 1. The van der Waals surface area contributed by atoms with Crippen molar-refractivity contribution in [2.24, 2.45) is 11.1 Å². The second-order valence-electron chi connectivity index (χ2n) is 4.28. The van der Waals surface area contributed by atoms with E-state index in [4.69, 9.17) is 15.2 Å². The van der Waals surface area contributed by atoms with Crippen LogP contribution in [0, 0.1) is 16.7 Å². The zero-order chi connectivity index (χ0) is 13.9. The molecule has 1 unspecified atom stereocenters. The lowest BCUT2D eigenvalue weighted by molar-refractivity contribution is -0.123. The molecule has 2 N–H and O–H groups in total. The first-order valence-electron chi connectivity index (χ1n) is 5.82. The summed E-state index contributed by atoms with van der Waals surface area (Å²) in [4.78, 5) is 11.5. The maximum absolute atomic E-state index is 11.5. The molecule has 1 aliphatic rings. The number of nitrogens with two attached hydrogens (primary N) is 1. The van der Waals surface area contributed by atoms with Crippen LogP contribution in [0.1, 0.15) is 12.0 Å². The number of methoxy groups -OCH3 is 1. The Bertz CT molecular complexity index is 557. The van der Waals surface area contributed by atoms with Gasteiger partial charge in [0, 0.05) is 12.0 Å². The highest BCUT2D eigenvalue weighted by atomic mass is 16.5. The topological polar surface area (TPSA) is 85.3 Å². The van der Waals surface area contributed by atoms with Crippen LogP contribution in [-0.4, -0.2) is 19.6 Å². The van der Waals surface area contributed by atoms with Gasteiger partial charge >= 0.3 is 0 Å². The van der Waals surface area contributed by atoms with Gasteiger partial charge in [-0.15, -0.1) is 0 Å². The fourth-order valence-corrected chi connectivity index (χ4v) is 1.92. The predicted molar refractivity (Wildman–Crippen MR) is 68.8 cm³/mol. The van der Waals surface area contributed by atoms with Gasteiger partial charge in [0.05, 0.1) is 19.8 Å². The van der Waals surface area contributed by atoms with E-state index in [1.54, 1.807) is 31.4 Å². The van der Waals surface area contributed by atoms with E-state index in [9.17, 15) is 10.1 Å². The molecule has 19 heavy (non-hydrogen) atoms. The summed E-state index contributed by atoms with van der Waals surface area (Å²) < 4.78 is 10.6. The number of rotatable bonds is 3. The van der Waals surface area contributed by atoms with Crippen molar-refractivity contribution >= 4 is 11.7 Å². The third kappa shape index (κ3) is 2.38. The molecule has 1 aromatic rings. The number of ether oxygens (including phenoxy) is 2. The van der Waals surface area contributed by atoms with Crippen LogP contribution in [0.15, 0.2) is 30.3 Å². The van der Waals surface area contributed by atoms with E-state index in [-0.39, 0.29) is 13.0 Å². The lowest BCUT2D eigenvalue weighted by atomic mass is 9.83. The maximum atomic E-state index is 11.5. The second kappa shape index (κ2) is 5.02. The Balaban J connectivity index is 2.38. The average Bonchev–Trinajstić information content (AvgIpc) is 2.47. The van der Waals surface area contributed by atoms with Crippen LogP contribution in [0.2, 0.25) is 0 Å². The van der Waals surface area contributed by atoms with E-state index in [1.807, 2.05) is 6.07 Å². The Morgan fingerprint density at radius 2 is 2.16 bits per heavy atom. The summed E-state index contributed by atoms with van der Waals surface area (Å²) in [5, 5.41) is 9.19. The standard InChI is InChI=1S/C14H14N2O3/c1-18-11-4-2-10(3-5-11)12-8-14(9-15,13(16)17)6-7-19-12/h2-5,8H,6-7H2,1H3,(H2,16,17). The predicted octanol–water partition coefficient (Wildman–Crippen LogP) is 1.45. The molecule has 0 saturated carbocycles. The highest BCUT2D eigenvalue weighted by Gasteiger charge is 2.38. The minimum absolute atomic E-state index is 0.276. The zero-order valence-corrected chi connectivity index (χ0v) is 10.6. The van der Waals surface area contributed by atoms with Crippen LogP contribution < -0.4 is 10.5 Å². The van der Waals surface area contributed by atoms with Crippen LogP contribution in [0.25, 0.3) is 5.76 Å². The zero-order valence-electron chi connectivity index (χ0n) is 10.6. The van der Waals surface area contributed by atoms with Crippen molar-refractivity contribution in [3.8, 4) is 11.8 Å². The number of amides is 1. The van der Waals surface area contributed by atoms with Gasteiger partial charge in [-0.2, -0.15) is 5.26 Å². The molecule has 1 heterocycles. The van der Waals surface area contributed by atoms with E-state index in [0.29, 0.717) is 5.76 Å². The van der Waals surface area contributed by atoms with Crippen molar-refractivity contribution in [2.45, 2.75) is 6.42 Å². The Kier molecular flexibility index (Phi) is 3.43. The smallest absolute Gasteiger partial charge is 0.242 e. The van der Waals surface area contributed by atoms with Crippen molar-refractivity contribution in [2.75, 3.05) is 13.7 Å². The number of nitriles is 1. The summed E-state index contributed by atoms with van der Waals surface area (Å²) in [5.74, 6) is 0.570.